The van der Waals surface area contributed by atoms with Crippen LogP contribution in [-0.2, 0) is 14.8 Å². The Bertz CT molecular complexity index is 873. The lowest BCUT2D eigenvalue weighted by Crippen LogP contribution is -2.37. The summed E-state index contributed by atoms with van der Waals surface area (Å²) in [7, 11) is -3.77. The van der Waals surface area contributed by atoms with Gasteiger partial charge in [-0.25, -0.2) is 8.42 Å². The van der Waals surface area contributed by atoms with E-state index in [0.29, 0.717) is 15.7 Å². The van der Waals surface area contributed by atoms with Crippen LogP contribution in [0.3, 0.4) is 0 Å². The fraction of sp³-hybridized carbons (Fsp3) is 0.188. The lowest BCUT2D eigenvalue weighted by molar-refractivity contribution is -0.116. The molecule has 2 aromatic rings. The maximum absolute atomic E-state index is 12.7. The molecular formula is C16H15BrCl2N2O3S. The number of carbonyl (C=O) groups is 1. The van der Waals surface area contributed by atoms with E-state index >= 15 is 0 Å². The summed E-state index contributed by atoms with van der Waals surface area (Å²) in [5.74, 6) is -0.471. The summed E-state index contributed by atoms with van der Waals surface area (Å²) >= 11 is 15.0. The Labute approximate surface area is 165 Å². The number of amides is 1. The number of nitrogens with one attached hydrogen (secondary N) is 1. The molecule has 0 aromatic heterocycles. The lowest BCUT2D eigenvalue weighted by Gasteiger charge is -2.20. The van der Waals surface area contributed by atoms with Crippen molar-refractivity contribution in [2.75, 3.05) is 18.4 Å². The summed E-state index contributed by atoms with van der Waals surface area (Å²) < 4.78 is 27.2. The molecule has 1 amide bonds. The van der Waals surface area contributed by atoms with Crippen molar-refractivity contribution in [3.63, 3.8) is 0 Å². The van der Waals surface area contributed by atoms with E-state index in [9.17, 15) is 13.2 Å². The van der Waals surface area contributed by atoms with Crippen LogP contribution in [0, 0.1) is 0 Å². The minimum atomic E-state index is -3.77. The van der Waals surface area contributed by atoms with Crippen LogP contribution in [0.2, 0.25) is 10.0 Å². The molecule has 0 unspecified atom stereocenters. The zero-order chi connectivity index (χ0) is 18.6. The van der Waals surface area contributed by atoms with Gasteiger partial charge in [0.25, 0.3) is 0 Å². The summed E-state index contributed by atoms with van der Waals surface area (Å²) in [5.41, 5.74) is 0.441. The van der Waals surface area contributed by atoms with Crippen LogP contribution >= 0.6 is 39.1 Å². The first kappa shape index (κ1) is 20.2. The highest BCUT2D eigenvalue weighted by atomic mass is 79.9. The molecule has 25 heavy (non-hydrogen) atoms. The van der Waals surface area contributed by atoms with Gasteiger partial charge in [-0.05, 0) is 42.5 Å². The van der Waals surface area contributed by atoms with E-state index < -0.39 is 15.9 Å². The third-order valence-corrected chi connectivity index (χ3v) is 6.53. The minimum Gasteiger partial charge on any atom is -0.325 e. The molecule has 2 rings (SSSR count). The minimum absolute atomic E-state index is 0.125. The number of anilines is 1. The second-order valence-electron chi connectivity index (χ2n) is 5.06. The average Bonchev–Trinajstić information content (AvgIpc) is 2.56. The van der Waals surface area contributed by atoms with Gasteiger partial charge >= 0.3 is 0 Å². The van der Waals surface area contributed by atoms with Gasteiger partial charge in [-0.3, -0.25) is 4.79 Å². The van der Waals surface area contributed by atoms with Gasteiger partial charge in [-0.1, -0.05) is 46.1 Å². The Morgan fingerprint density at radius 1 is 1.12 bits per heavy atom. The summed E-state index contributed by atoms with van der Waals surface area (Å²) in [6.07, 6.45) is 0. The van der Waals surface area contributed by atoms with Crippen LogP contribution in [0.25, 0.3) is 0 Å². The first-order valence-corrected chi connectivity index (χ1v) is 10.2. The van der Waals surface area contributed by atoms with Crippen LogP contribution in [0.1, 0.15) is 6.92 Å². The van der Waals surface area contributed by atoms with Crippen molar-refractivity contribution in [1.29, 1.82) is 0 Å². The average molecular weight is 466 g/mol. The monoisotopic (exact) mass is 464 g/mol. The first-order valence-electron chi connectivity index (χ1n) is 7.24. The molecular weight excluding hydrogens is 451 g/mol. The highest BCUT2D eigenvalue weighted by molar-refractivity contribution is 9.10. The van der Waals surface area contributed by atoms with Gasteiger partial charge in [-0.2, -0.15) is 4.31 Å². The molecule has 0 aliphatic heterocycles. The molecule has 1 N–H and O–H groups in total. The molecule has 0 aliphatic rings. The summed E-state index contributed by atoms with van der Waals surface area (Å²) in [6, 6.07) is 10.9. The van der Waals surface area contributed by atoms with Crippen molar-refractivity contribution < 1.29 is 13.2 Å². The fourth-order valence-electron chi connectivity index (χ4n) is 2.06. The molecule has 0 aliphatic carbocycles. The smallest absolute Gasteiger partial charge is 0.243 e. The molecule has 0 bridgehead atoms. The van der Waals surface area contributed by atoms with Gasteiger partial charge in [0.1, 0.15) is 0 Å². The van der Waals surface area contributed by atoms with E-state index in [0.717, 1.165) is 8.78 Å². The fourth-order valence-corrected chi connectivity index (χ4v) is 4.02. The number of carbonyl (C=O) groups excluding carboxylic acids is 1. The predicted octanol–water partition coefficient (Wildman–Crippen LogP) is 4.41. The van der Waals surface area contributed by atoms with Crippen LogP contribution in [-0.4, -0.2) is 31.7 Å². The SMILES string of the molecule is CCN(CC(=O)Nc1ccc(Cl)c(Cl)c1)S(=O)(=O)c1ccc(Br)cc1. The maximum atomic E-state index is 12.7. The maximum Gasteiger partial charge on any atom is 0.243 e. The van der Waals surface area contributed by atoms with E-state index in [2.05, 4.69) is 21.2 Å². The molecule has 0 fully saturated rings. The summed E-state index contributed by atoms with van der Waals surface area (Å²) in [4.78, 5) is 12.3. The Morgan fingerprint density at radius 3 is 2.32 bits per heavy atom. The van der Waals surface area contributed by atoms with Gasteiger partial charge in [0.05, 0.1) is 21.5 Å². The quantitative estimate of drug-likeness (QED) is 0.687. The van der Waals surface area contributed by atoms with Crippen molar-refractivity contribution >= 4 is 60.7 Å². The van der Waals surface area contributed by atoms with Crippen LogP contribution in [0.15, 0.2) is 51.8 Å². The second-order valence-corrected chi connectivity index (χ2v) is 8.73. The Morgan fingerprint density at radius 2 is 1.76 bits per heavy atom. The second kappa shape index (κ2) is 8.51. The number of hydrogen-bond acceptors (Lipinski definition) is 3. The third kappa shape index (κ3) is 5.18. The largest absolute Gasteiger partial charge is 0.325 e. The van der Waals surface area contributed by atoms with Crippen LogP contribution < -0.4 is 5.32 Å². The van der Waals surface area contributed by atoms with Crippen molar-refractivity contribution in [2.24, 2.45) is 0 Å². The number of nitrogens with zero attached hydrogens (tertiary/aromatic N) is 1. The molecule has 0 spiro atoms. The van der Waals surface area contributed by atoms with Crippen LogP contribution in [0.4, 0.5) is 5.69 Å². The Kier molecular flexibility index (Phi) is 6.87. The molecule has 0 saturated heterocycles. The van der Waals surface area contributed by atoms with E-state index in [-0.39, 0.29) is 18.0 Å². The van der Waals surface area contributed by atoms with Gasteiger partial charge in [-0.15, -0.1) is 0 Å². The number of rotatable bonds is 6. The molecule has 134 valence electrons. The van der Waals surface area contributed by atoms with Crippen molar-refractivity contribution in [1.82, 2.24) is 4.31 Å². The number of halogens is 3. The molecule has 0 saturated carbocycles. The first-order chi connectivity index (χ1) is 11.7. The summed E-state index contributed by atoms with van der Waals surface area (Å²) in [5, 5.41) is 3.28. The van der Waals surface area contributed by atoms with Crippen LogP contribution in [0.5, 0.6) is 0 Å². The molecule has 0 heterocycles. The molecule has 5 nitrogen and oxygen atoms in total. The van der Waals surface area contributed by atoms with Gasteiger partial charge < -0.3 is 5.32 Å². The van der Waals surface area contributed by atoms with Crippen molar-refractivity contribution in [3.05, 3.63) is 57.0 Å². The van der Waals surface area contributed by atoms with Crippen molar-refractivity contribution in [3.8, 4) is 0 Å². The Balaban J connectivity index is 2.13. The number of sulfonamides is 1. The molecule has 0 atom stereocenters. The molecule has 0 radical (unpaired) electrons. The summed E-state index contributed by atoms with van der Waals surface area (Å²) in [6.45, 7) is 1.52. The third-order valence-electron chi connectivity index (χ3n) is 3.33. The highest BCUT2D eigenvalue weighted by Crippen LogP contribution is 2.25. The van der Waals surface area contributed by atoms with Crippen molar-refractivity contribution in [2.45, 2.75) is 11.8 Å². The van der Waals surface area contributed by atoms with E-state index in [1.54, 1.807) is 31.2 Å². The van der Waals surface area contributed by atoms with Gasteiger partial charge in [0.15, 0.2) is 0 Å². The highest BCUT2D eigenvalue weighted by Gasteiger charge is 2.25. The molecule has 9 heteroatoms. The van der Waals surface area contributed by atoms with E-state index in [1.807, 2.05) is 0 Å². The standard InChI is InChI=1S/C16H15BrCl2N2O3S/c1-2-21(25(23,24)13-6-3-11(17)4-7-13)10-16(22)20-12-5-8-14(18)15(19)9-12/h3-9H,2,10H2,1H3,(H,20,22). The Hall–Kier alpha value is -1.12. The van der Waals surface area contributed by atoms with Gasteiger partial charge in [0, 0.05) is 16.7 Å². The number of likely N-dealkylation sites (N-methyl/N-ethyl adjacent to an activating group) is 1. The predicted molar refractivity (Wildman–Crippen MR) is 104 cm³/mol. The molecule has 2 aromatic carbocycles. The number of hydrogen-bond donors (Lipinski definition) is 1. The zero-order valence-corrected chi connectivity index (χ0v) is 17.1. The zero-order valence-electron chi connectivity index (χ0n) is 13.2. The van der Waals surface area contributed by atoms with E-state index in [1.165, 1.54) is 18.2 Å². The lowest BCUT2D eigenvalue weighted by atomic mass is 10.3. The van der Waals surface area contributed by atoms with Gasteiger partial charge in [0.2, 0.25) is 15.9 Å². The normalized spacial score (nSPS) is 11.6. The van der Waals surface area contributed by atoms with E-state index in [4.69, 9.17) is 23.2 Å². The topological polar surface area (TPSA) is 66.5 Å². The number of benzene rings is 2.